The largest absolute Gasteiger partial charge is 1.00 e. The van der Waals surface area contributed by atoms with Crippen molar-refractivity contribution in [2.45, 2.75) is 0 Å². The first kappa shape index (κ1) is 18.4. The third-order valence-corrected chi connectivity index (χ3v) is 0.245. The summed E-state index contributed by atoms with van der Waals surface area (Å²) in [5.74, 6) is -3.84. The zero-order valence-corrected chi connectivity index (χ0v) is 7.14. The van der Waals surface area contributed by atoms with Crippen LogP contribution >= 0.6 is 7.82 Å². The van der Waals surface area contributed by atoms with Crippen LogP contribution in [0.15, 0.2) is 0 Å². The third kappa shape index (κ3) is 34.1. The molecule has 0 unspecified atom stereocenters. The minimum atomic E-state index is -4.64. The molecule has 0 saturated carbocycles. The van der Waals surface area contributed by atoms with Gasteiger partial charge in [0.25, 0.3) is 0 Å². The fraction of sp³-hybridized carbons (Fsp3) is 0. The number of hydrogen-bond donors (Lipinski definition) is 4. The molecule has 0 radical (unpaired) electrons. The molecule has 0 aromatic heterocycles. The minimum Gasteiger partial charge on any atom is -1.00 e. The molecule has 0 fully saturated rings. The maximum absolute atomic E-state index is 10.4. The van der Waals surface area contributed by atoms with Crippen LogP contribution in [0.25, 0.3) is 0 Å². The maximum atomic E-state index is 10.4. The number of carbonyl (C=O) groups is 2. The van der Waals surface area contributed by atoms with E-state index >= 15 is 0 Å². The zero-order chi connectivity index (χ0) is 10.4. The quantitative estimate of drug-likeness (QED) is 0.180. The normalized spacial score (nSPS) is 8.62. The summed E-state index contributed by atoms with van der Waals surface area (Å²) in [4.78, 5) is 42.4. The number of aliphatic carboxylic acids is 1. The van der Waals surface area contributed by atoms with Gasteiger partial charge in [0.2, 0.25) is 0 Å². The van der Waals surface area contributed by atoms with Gasteiger partial charge in [-0.05, 0) is 0 Å². The van der Waals surface area contributed by atoms with Crippen molar-refractivity contribution in [1.29, 1.82) is 0 Å². The first-order valence-electron chi connectivity index (χ1n) is 2.02. The van der Waals surface area contributed by atoms with Crippen LogP contribution in [0.4, 0.5) is 4.53 Å². The molecule has 0 amide bonds. The summed E-state index contributed by atoms with van der Waals surface area (Å²) in [7, 11) is -4.64. The molecule has 0 aliphatic heterocycles. The van der Waals surface area contributed by atoms with Crippen molar-refractivity contribution in [2.24, 2.45) is 0 Å². The molecule has 13 heavy (non-hydrogen) atoms. The summed E-state index contributed by atoms with van der Waals surface area (Å²) in [5.41, 5.74) is 0. The van der Waals surface area contributed by atoms with Crippen molar-refractivity contribution in [1.82, 2.24) is 0 Å². The Morgan fingerprint density at radius 1 is 1.31 bits per heavy atom. The SMILES string of the molecule is O=C(O)C(=O)OF.O=P(O)(O)O.[H-].[Li+]. The molecule has 11 heteroatoms. The molecule has 8 nitrogen and oxygen atoms in total. The molecule has 0 aliphatic rings. The van der Waals surface area contributed by atoms with Crippen molar-refractivity contribution in [3.63, 3.8) is 0 Å². The topological polar surface area (TPSA) is 141 Å². The third-order valence-electron chi connectivity index (χ3n) is 0.245. The van der Waals surface area contributed by atoms with Crippen molar-refractivity contribution >= 4 is 19.8 Å². The smallest absolute Gasteiger partial charge is 1.00 e. The Kier molecular flexibility index (Phi) is 11.6. The van der Waals surface area contributed by atoms with E-state index in [2.05, 4.69) is 4.94 Å². The Morgan fingerprint density at radius 2 is 1.54 bits per heavy atom. The summed E-state index contributed by atoms with van der Waals surface area (Å²) in [6, 6.07) is 0. The molecule has 0 saturated heterocycles. The van der Waals surface area contributed by atoms with Crippen LogP contribution in [0.3, 0.4) is 0 Å². The second kappa shape index (κ2) is 8.19. The number of halogens is 1. The van der Waals surface area contributed by atoms with E-state index in [0.29, 0.717) is 0 Å². The van der Waals surface area contributed by atoms with Crippen LogP contribution in [0, 0.1) is 0 Å². The van der Waals surface area contributed by atoms with Crippen molar-refractivity contribution in [3.8, 4) is 0 Å². The molecule has 0 aromatic rings. The molecular formula is C2H5FLiO8P. The van der Waals surface area contributed by atoms with Gasteiger partial charge in [-0.1, -0.05) is 0 Å². The zero-order valence-electron chi connectivity index (χ0n) is 7.25. The minimum absolute atomic E-state index is 0. The van der Waals surface area contributed by atoms with Crippen LogP contribution in [0.5, 0.6) is 0 Å². The number of rotatable bonds is 0. The van der Waals surface area contributed by atoms with Gasteiger partial charge in [0.05, 0.1) is 0 Å². The summed E-state index contributed by atoms with van der Waals surface area (Å²) in [5, 5.41) is 7.47. The molecule has 0 heterocycles. The molecule has 0 rings (SSSR count). The number of carboxylic acids is 1. The van der Waals surface area contributed by atoms with Gasteiger partial charge in [0.1, 0.15) is 0 Å². The van der Waals surface area contributed by atoms with E-state index in [0.717, 1.165) is 0 Å². The molecule has 0 atom stereocenters. The summed E-state index contributed by atoms with van der Waals surface area (Å²) in [6.45, 7) is 0. The van der Waals surface area contributed by atoms with Crippen LogP contribution in [0.1, 0.15) is 1.43 Å². The van der Waals surface area contributed by atoms with E-state index in [9.17, 15) is 14.1 Å². The van der Waals surface area contributed by atoms with Gasteiger partial charge in [-0.2, -0.15) is 0 Å². The van der Waals surface area contributed by atoms with E-state index in [-0.39, 0.29) is 20.3 Å². The first-order chi connectivity index (χ1) is 5.18. The van der Waals surface area contributed by atoms with Gasteiger partial charge in [0, 0.05) is 4.53 Å². The van der Waals surface area contributed by atoms with Gasteiger partial charge in [0.15, 0.2) is 0 Å². The summed E-state index contributed by atoms with van der Waals surface area (Å²) in [6.07, 6.45) is 0. The average Bonchev–Trinajstić information content (AvgIpc) is 1.82. The van der Waals surface area contributed by atoms with Crippen molar-refractivity contribution < 1.29 is 63.7 Å². The Hall–Kier alpha value is -0.423. The predicted octanol–water partition coefficient (Wildman–Crippen LogP) is -4.31. The Morgan fingerprint density at radius 3 is 1.54 bits per heavy atom. The average molecular weight is 214 g/mol. The molecule has 0 bridgehead atoms. The molecule has 0 aromatic carbocycles. The second-order valence-corrected chi connectivity index (χ2v) is 2.21. The number of hydrogen-bond acceptors (Lipinski definition) is 4. The molecule has 74 valence electrons. The fourth-order valence-electron chi connectivity index (χ4n) is 0.0330. The van der Waals surface area contributed by atoms with E-state index in [1.807, 2.05) is 0 Å². The Bertz CT molecular complexity index is 207. The van der Waals surface area contributed by atoms with Gasteiger partial charge in [-0.3, -0.25) is 0 Å². The van der Waals surface area contributed by atoms with Gasteiger partial charge < -0.3 is 21.2 Å². The fourth-order valence-corrected chi connectivity index (χ4v) is 0.0330. The van der Waals surface area contributed by atoms with Crippen LogP contribution in [-0.4, -0.2) is 31.7 Å². The van der Waals surface area contributed by atoms with Crippen molar-refractivity contribution in [2.75, 3.05) is 0 Å². The predicted molar refractivity (Wildman–Crippen MR) is 30.2 cm³/mol. The van der Waals surface area contributed by atoms with Crippen LogP contribution in [-0.2, 0) is 19.1 Å². The van der Waals surface area contributed by atoms with Gasteiger partial charge >= 0.3 is 38.6 Å². The van der Waals surface area contributed by atoms with E-state index in [1.165, 1.54) is 0 Å². The van der Waals surface area contributed by atoms with E-state index in [1.54, 1.807) is 0 Å². The van der Waals surface area contributed by atoms with Crippen LogP contribution in [0.2, 0.25) is 0 Å². The van der Waals surface area contributed by atoms with Crippen LogP contribution < -0.4 is 18.9 Å². The van der Waals surface area contributed by atoms with E-state index < -0.39 is 19.8 Å². The summed E-state index contributed by atoms with van der Waals surface area (Å²) >= 11 is 0. The molecule has 0 aliphatic carbocycles. The standard InChI is InChI=1S/C2HFO4.Li.H3O4P.H/c3-7-2(6)1(4)5;;1-5(2,3)4;/h(H,4,5);;(H3,1,2,3,4);/q;+1;;-1. The number of carboxylic acid groups (broad SMARTS) is 1. The Labute approximate surface area is 84.1 Å². The molecule has 0 spiro atoms. The maximum Gasteiger partial charge on any atom is 1.00 e. The van der Waals surface area contributed by atoms with Gasteiger partial charge in [-0.25, -0.2) is 19.1 Å². The van der Waals surface area contributed by atoms with Crippen molar-refractivity contribution in [3.05, 3.63) is 0 Å². The molecular weight excluding hydrogens is 209 g/mol. The number of phosphoric acid groups is 1. The molecule has 4 N–H and O–H groups in total. The second-order valence-electron chi connectivity index (χ2n) is 1.18. The number of carbonyl (C=O) groups excluding carboxylic acids is 1. The van der Waals surface area contributed by atoms with Gasteiger partial charge in [-0.15, -0.1) is 0 Å². The van der Waals surface area contributed by atoms with E-state index in [4.69, 9.17) is 24.4 Å². The first-order valence-corrected chi connectivity index (χ1v) is 3.59. The summed E-state index contributed by atoms with van der Waals surface area (Å²) < 4.78 is 19.3. The monoisotopic (exact) mass is 214 g/mol. The Balaban J connectivity index is -0.0000000651.